The van der Waals surface area contributed by atoms with Gasteiger partial charge in [-0.25, -0.2) is 12.8 Å². The van der Waals surface area contributed by atoms with E-state index in [0.717, 1.165) is 22.0 Å². The second kappa shape index (κ2) is 14.4. The van der Waals surface area contributed by atoms with Crippen LogP contribution < -0.4 is 14.4 Å². The number of amides is 2. The van der Waals surface area contributed by atoms with Crippen molar-refractivity contribution in [1.29, 1.82) is 0 Å². The highest BCUT2D eigenvalue weighted by molar-refractivity contribution is 7.92. The predicted molar refractivity (Wildman–Crippen MR) is 173 cm³/mol. The molecule has 0 saturated carbocycles. The lowest BCUT2D eigenvalue weighted by Gasteiger charge is -2.35. The Hall–Kier alpha value is -4.70. The fourth-order valence-corrected chi connectivity index (χ4v) is 6.27. The third-order valence-corrected chi connectivity index (χ3v) is 8.77. The van der Waals surface area contributed by atoms with Crippen molar-refractivity contribution in [3.8, 4) is 5.75 Å². The number of ether oxygens (including phenoxy) is 1. The lowest BCUT2D eigenvalue weighted by atomic mass is 10.0. The molecule has 1 unspecified atom stereocenters. The maximum Gasteiger partial charge on any atom is 0.264 e. The van der Waals surface area contributed by atoms with Crippen molar-refractivity contribution >= 4 is 27.5 Å². The number of nitrogens with zero attached hydrogens (tertiary/aromatic N) is 2. The molecule has 0 saturated heterocycles. The Morgan fingerprint density at radius 2 is 1.44 bits per heavy atom. The quantitative estimate of drug-likeness (QED) is 0.220. The summed E-state index contributed by atoms with van der Waals surface area (Å²) in [5, 5.41) is 3.00. The molecular weight excluding hydrogens is 593 g/mol. The van der Waals surface area contributed by atoms with Crippen molar-refractivity contribution in [2.24, 2.45) is 0 Å². The summed E-state index contributed by atoms with van der Waals surface area (Å²) < 4.78 is 48.2. The lowest BCUT2D eigenvalue weighted by molar-refractivity contribution is -0.140. The molecule has 0 aliphatic carbocycles. The fourth-order valence-electron chi connectivity index (χ4n) is 4.83. The van der Waals surface area contributed by atoms with E-state index in [1.54, 1.807) is 36.4 Å². The van der Waals surface area contributed by atoms with Crippen LogP contribution in [0.1, 0.15) is 31.9 Å². The van der Waals surface area contributed by atoms with E-state index in [2.05, 4.69) is 5.32 Å². The summed E-state index contributed by atoms with van der Waals surface area (Å²) in [6.45, 7) is 4.90. The molecule has 0 fully saturated rings. The van der Waals surface area contributed by atoms with Gasteiger partial charge in [-0.05, 0) is 80.4 Å². The van der Waals surface area contributed by atoms with Crippen LogP contribution in [0.2, 0.25) is 0 Å². The lowest BCUT2D eigenvalue weighted by Crippen LogP contribution is -2.56. The molecule has 8 nitrogen and oxygen atoms in total. The Balaban J connectivity index is 1.82. The molecule has 1 N–H and O–H groups in total. The van der Waals surface area contributed by atoms with E-state index in [1.165, 1.54) is 36.3 Å². The standard InChI is InChI=1S/C35H38FN3O5S/c1-35(2,3)37-34(41)32(23-26-12-7-5-8-13-26)38(24-27-14-11-15-30(22-27)44-4)33(40)25-39(29-20-18-28(36)19-21-29)45(42,43)31-16-9-6-10-17-31/h5-22,32H,23-25H2,1-4H3,(H,37,41). The number of carbonyl (C=O) groups excluding carboxylic acids is 2. The molecule has 0 bridgehead atoms. The van der Waals surface area contributed by atoms with E-state index in [0.29, 0.717) is 11.3 Å². The van der Waals surface area contributed by atoms with Crippen molar-refractivity contribution < 1.29 is 27.1 Å². The summed E-state index contributed by atoms with van der Waals surface area (Å²) in [7, 11) is -2.74. The fraction of sp³-hybridized carbons (Fsp3) is 0.257. The summed E-state index contributed by atoms with van der Waals surface area (Å²) in [4.78, 5) is 29.8. The SMILES string of the molecule is COc1cccc(CN(C(=O)CN(c2ccc(F)cc2)S(=O)(=O)c2ccccc2)C(Cc2ccccc2)C(=O)NC(C)(C)C)c1. The van der Waals surface area contributed by atoms with Gasteiger partial charge in [0, 0.05) is 18.5 Å². The van der Waals surface area contributed by atoms with Crippen molar-refractivity contribution in [3.05, 3.63) is 126 Å². The first kappa shape index (κ1) is 33.2. The van der Waals surface area contributed by atoms with Gasteiger partial charge in [0.25, 0.3) is 10.0 Å². The van der Waals surface area contributed by atoms with E-state index in [1.807, 2.05) is 57.2 Å². The van der Waals surface area contributed by atoms with E-state index in [9.17, 15) is 22.4 Å². The first-order chi connectivity index (χ1) is 21.4. The van der Waals surface area contributed by atoms with Gasteiger partial charge in [-0.1, -0.05) is 60.7 Å². The number of carbonyl (C=O) groups is 2. The molecule has 1 atom stereocenters. The number of methoxy groups -OCH3 is 1. The minimum atomic E-state index is -4.27. The van der Waals surface area contributed by atoms with Gasteiger partial charge in [-0.15, -0.1) is 0 Å². The molecule has 0 radical (unpaired) electrons. The number of halogens is 1. The topological polar surface area (TPSA) is 96.0 Å². The number of hydrogen-bond donors (Lipinski definition) is 1. The zero-order chi connectivity index (χ0) is 32.6. The van der Waals surface area contributed by atoms with Crippen LogP contribution in [-0.4, -0.2) is 50.4 Å². The van der Waals surface area contributed by atoms with Crippen LogP contribution in [0.4, 0.5) is 10.1 Å². The third-order valence-electron chi connectivity index (χ3n) is 6.98. The zero-order valence-electron chi connectivity index (χ0n) is 25.8. The highest BCUT2D eigenvalue weighted by Crippen LogP contribution is 2.26. The molecular formula is C35H38FN3O5S. The number of sulfonamides is 1. The molecule has 4 rings (SSSR count). The molecule has 45 heavy (non-hydrogen) atoms. The Bertz CT molecular complexity index is 1690. The average Bonchev–Trinajstić information content (AvgIpc) is 3.02. The molecule has 4 aromatic carbocycles. The van der Waals surface area contributed by atoms with Gasteiger partial charge in [-0.2, -0.15) is 0 Å². The molecule has 4 aromatic rings. The number of benzene rings is 4. The van der Waals surface area contributed by atoms with Crippen LogP contribution in [-0.2, 0) is 32.6 Å². The monoisotopic (exact) mass is 631 g/mol. The highest BCUT2D eigenvalue weighted by atomic mass is 32.2. The van der Waals surface area contributed by atoms with Crippen molar-refractivity contribution in [3.63, 3.8) is 0 Å². The summed E-state index contributed by atoms with van der Waals surface area (Å²) in [6, 6.07) is 28.0. The van der Waals surface area contributed by atoms with Gasteiger partial charge in [0.05, 0.1) is 17.7 Å². The van der Waals surface area contributed by atoms with E-state index in [4.69, 9.17) is 4.74 Å². The summed E-state index contributed by atoms with van der Waals surface area (Å²) >= 11 is 0. The van der Waals surface area contributed by atoms with Gasteiger partial charge in [0.15, 0.2) is 0 Å². The largest absolute Gasteiger partial charge is 0.497 e. The number of rotatable bonds is 12. The van der Waals surface area contributed by atoms with Crippen LogP contribution in [0.5, 0.6) is 5.75 Å². The minimum absolute atomic E-state index is 0.00621. The van der Waals surface area contributed by atoms with Gasteiger partial charge in [0.2, 0.25) is 11.8 Å². The molecule has 0 heterocycles. The van der Waals surface area contributed by atoms with Crippen LogP contribution in [0.25, 0.3) is 0 Å². The van der Waals surface area contributed by atoms with Crippen LogP contribution in [0.15, 0.2) is 114 Å². The van der Waals surface area contributed by atoms with Gasteiger partial charge in [0.1, 0.15) is 24.2 Å². The van der Waals surface area contributed by atoms with Gasteiger partial charge < -0.3 is 15.0 Å². The van der Waals surface area contributed by atoms with Crippen molar-refractivity contribution in [1.82, 2.24) is 10.2 Å². The van der Waals surface area contributed by atoms with Gasteiger partial charge >= 0.3 is 0 Å². The Kier molecular flexibility index (Phi) is 10.6. The first-order valence-corrected chi connectivity index (χ1v) is 15.9. The van der Waals surface area contributed by atoms with Crippen LogP contribution in [0, 0.1) is 5.82 Å². The molecule has 236 valence electrons. The zero-order valence-corrected chi connectivity index (χ0v) is 26.6. The minimum Gasteiger partial charge on any atom is -0.497 e. The smallest absolute Gasteiger partial charge is 0.264 e. The summed E-state index contributed by atoms with van der Waals surface area (Å²) in [5.74, 6) is -0.990. The van der Waals surface area contributed by atoms with Gasteiger partial charge in [-0.3, -0.25) is 13.9 Å². The molecule has 2 amide bonds. The molecule has 10 heteroatoms. The third kappa shape index (κ3) is 8.92. The van der Waals surface area contributed by atoms with Crippen molar-refractivity contribution in [2.75, 3.05) is 18.0 Å². The second-order valence-corrected chi connectivity index (χ2v) is 13.5. The second-order valence-electron chi connectivity index (χ2n) is 11.6. The Morgan fingerprint density at radius 3 is 2.04 bits per heavy atom. The normalized spacial score (nSPS) is 12.2. The summed E-state index contributed by atoms with van der Waals surface area (Å²) in [5.41, 5.74) is 1.01. The predicted octanol–water partition coefficient (Wildman–Crippen LogP) is 5.58. The van der Waals surface area contributed by atoms with Crippen LogP contribution in [0.3, 0.4) is 0 Å². The maximum absolute atomic E-state index is 14.5. The van der Waals surface area contributed by atoms with Crippen LogP contribution >= 0.6 is 0 Å². The van der Waals surface area contributed by atoms with E-state index < -0.39 is 39.9 Å². The van der Waals surface area contributed by atoms with Crippen molar-refractivity contribution in [2.45, 2.75) is 50.2 Å². The number of hydrogen-bond acceptors (Lipinski definition) is 5. The Morgan fingerprint density at radius 1 is 0.844 bits per heavy atom. The molecule has 0 aliphatic heterocycles. The first-order valence-electron chi connectivity index (χ1n) is 14.5. The maximum atomic E-state index is 14.5. The average molecular weight is 632 g/mol. The molecule has 0 aromatic heterocycles. The Labute approximate surface area is 264 Å². The van der Waals surface area contributed by atoms with E-state index >= 15 is 0 Å². The van der Waals surface area contributed by atoms with E-state index in [-0.39, 0.29) is 29.5 Å². The summed E-state index contributed by atoms with van der Waals surface area (Å²) in [6.07, 6.45) is 0.181. The number of nitrogens with one attached hydrogen (secondary N) is 1. The highest BCUT2D eigenvalue weighted by Gasteiger charge is 2.35. The molecule has 0 aliphatic rings. The number of anilines is 1. The molecule has 0 spiro atoms.